The number of halogens is 2. The SMILES string of the molecule is C=CC(=O)N1CC(NC(=O)c2nc(-c3ccc4c(cnn4C)c3)c3ccsc3c2-c2c(F)cc(F)cc2OCCOC)C1. The first kappa shape index (κ1) is 28.4. The van der Waals surface area contributed by atoms with Crippen LogP contribution in [0.25, 0.3) is 43.4 Å². The molecule has 12 heteroatoms. The number of carbonyl (C=O) groups is 2. The van der Waals surface area contributed by atoms with Gasteiger partial charge in [0.25, 0.3) is 5.91 Å². The number of carbonyl (C=O) groups excluding carboxylic acids is 2. The summed E-state index contributed by atoms with van der Waals surface area (Å²) in [7, 11) is 3.34. The van der Waals surface area contributed by atoms with E-state index >= 15 is 4.39 Å². The zero-order valence-electron chi connectivity index (χ0n) is 23.4. The van der Waals surface area contributed by atoms with Crippen molar-refractivity contribution < 1.29 is 27.8 Å². The Balaban J connectivity index is 1.53. The van der Waals surface area contributed by atoms with Crippen LogP contribution in [0, 0.1) is 11.6 Å². The summed E-state index contributed by atoms with van der Waals surface area (Å²) in [5.74, 6) is -2.58. The van der Waals surface area contributed by atoms with Crippen LogP contribution in [0.3, 0.4) is 0 Å². The minimum atomic E-state index is -0.895. The van der Waals surface area contributed by atoms with E-state index in [0.717, 1.165) is 28.6 Å². The number of nitrogens with one attached hydrogen (secondary N) is 1. The lowest BCUT2D eigenvalue weighted by Gasteiger charge is -2.38. The molecule has 9 nitrogen and oxygen atoms in total. The molecule has 1 aliphatic rings. The summed E-state index contributed by atoms with van der Waals surface area (Å²) in [6.45, 7) is 4.32. The molecule has 43 heavy (non-hydrogen) atoms. The fraction of sp³-hybridized carbons (Fsp3) is 0.226. The number of hydrogen-bond acceptors (Lipinski definition) is 7. The molecule has 2 aromatic carbocycles. The van der Waals surface area contributed by atoms with Gasteiger partial charge in [0.2, 0.25) is 5.91 Å². The third kappa shape index (κ3) is 5.23. The van der Waals surface area contributed by atoms with Gasteiger partial charge < -0.3 is 19.7 Å². The van der Waals surface area contributed by atoms with E-state index < -0.39 is 17.5 Å². The first-order chi connectivity index (χ1) is 20.8. The van der Waals surface area contributed by atoms with Crippen LogP contribution in [0.4, 0.5) is 8.78 Å². The topological polar surface area (TPSA) is 98.6 Å². The smallest absolute Gasteiger partial charge is 0.270 e. The minimum absolute atomic E-state index is 0.0351. The molecule has 5 aromatic rings. The van der Waals surface area contributed by atoms with Crippen molar-refractivity contribution in [3.05, 3.63) is 78.0 Å². The fourth-order valence-corrected chi connectivity index (χ4v) is 6.17. The molecule has 6 rings (SSSR count). The van der Waals surface area contributed by atoms with Crippen LogP contribution < -0.4 is 10.1 Å². The number of thiophene rings is 1. The van der Waals surface area contributed by atoms with Crippen LogP contribution in [-0.4, -0.2) is 70.9 Å². The number of aryl methyl sites for hydroxylation is 1. The minimum Gasteiger partial charge on any atom is -0.490 e. The van der Waals surface area contributed by atoms with Crippen LogP contribution in [0.15, 0.2) is 60.6 Å². The predicted octanol–water partition coefficient (Wildman–Crippen LogP) is 4.95. The molecule has 0 spiro atoms. The van der Waals surface area contributed by atoms with Crippen molar-refractivity contribution in [2.75, 3.05) is 33.4 Å². The van der Waals surface area contributed by atoms with Gasteiger partial charge in [0, 0.05) is 66.0 Å². The third-order valence-electron chi connectivity index (χ3n) is 7.36. The molecule has 0 unspecified atom stereocenters. The Morgan fingerprint density at radius 3 is 2.74 bits per heavy atom. The first-order valence-corrected chi connectivity index (χ1v) is 14.3. The molecule has 220 valence electrons. The lowest BCUT2D eigenvalue weighted by molar-refractivity contribution is -0.130. The second-order valence-corrected chi connectivity index (χ2v) is 11.0. The van der Waals surface area contributed by atoms with Crippen LogP contribution in [0.1, 0.15) is 10.5 Å². The van der Waals surface area contributed by atoms with E-state index in [1.807, 2.05) is 36.7 Å². The highest BCUT2D eigenvalue weighted by Gasteiger charge is 2.33. The van der Waals surface area contributed by atoms with Gasteiger partial charge in [-0.3, -0.25) is 14.3 Å². The van der Waals surface area contributed by atoms with Crippen LogP contribution in [0.5, 0.6) is 5.75 Å². The fourth-order valence-electron chi connectivity index (χ4n) is 5.23. The summed E-state index contributed by atoms with van der Waals surface area (Å²) >= 11 is 1.31. The Labute approximate surface area is 249 Å². The average Bonchev–Trinajstić information content (AvgIpc) is 3.60. The summed E-state index contributed by atoms with van der Waals surface area (Å²) in [4.78, 5) is 32.3. The third-order valence-corrected chi connectivity index (χ3v) is 8.29. The van der Waals surface area contributed by atoms with Gasteiger partial charge in [-0.15, -0.1) is 11.3 Å². The maximum atomic E-state index is 15.7. The van der Waals surface area contributed by atoms with Crippen molar-refractivity contribution >= 4 is 44.1 Å². The van der Waals surface area contributed by atoms with Crippen molar-refractivity contribution in [2.24, 2.45) is 7.05 Å². The van der Waals surface area contributed by atoms with E-state index in [0.29, 0.717) is 28.9 Å². The zero-order valence-corrected chi connectivity index (χ0v) is 24.2. The van der Waals surface area contributed by atoms with Crippen molar-refractivity contribution in [3.8, 4) is 28.1 Å². The van der Waals surface area contributed by atoms with Gasteiger partial charge in [-0.05, 0) is 29.7 Å². The molecule has 1 aliphatic heterocycles. The number of hydrogen-bond donors (Lipinski definition) is 1. The Bertz CT molecular complexity index is 1900. The molecular weight excluding hydrogens is 576 g/mol. The Hall–Kier alpha value is -4.68. The molecular formula is C31H27F2N5O4S. The number of pyridine rings is 1. The maximum absolute atomic E-state index is 15.7. The number of likely N-dealkylation sites (tertiary alicyclic amines) is 1. The van der Waals surface area contributed by atoms with Crippen LogP contribution in [-0.2, 0) is 16.6 Å². The van der Waals surface area contributed by atoms with Gasteiger partial charge in [-0.2, -0.15) is 5.10 Å². The Morgan fingerprint density at radius 1 is 1.16 bits per heavy atom. The van der Waals surface area contributed by atoms with E-state index in [9.17, 15) is 14.0 Å². The highest BCUT2D eigenvalue weighted by Crippen LogP contribution is 2.44. The summed E-state index contributed by atoms with van der Waals surface area (Å²) in [5.41, 5.74) is 2.26. The Kier molecular flexibility index (Phi) is 7.63. The number of amides is 2. The van der Waals surface area contributed by atoms with Crippen molar-refractivity contribution in [3.63, 3.8) is 0 Å². The molecule has 4 heterocycles. The lowest BCUT2D eigenvalue weighted by Crippen LogP contribution is -2.60. The summed E-state index contributed by atoms with van der Waals surface area (Å²) in [5, 5.41) is 10.7. The number of aromatic nitrogens is 3. The molecule has 0 aliphatic carbocycles. The summed E-state index contributed by atoms with van der Waals surface area (Å²) in [6.07, 6.45) is 2.96. The molecule has 0 radical (unpaired) electrons. The van der Waals surface area contributed by atoms with Gasteiger partial charge in [0.05, 0.1) is 35.6 Å². The predicted molar refractivity (Wildman–Crippen MR) is 160 cm³/mol. The zero-order chi connectivity index (χ0) is 30.2. The Morgan fingerprint density at radius 2 is 1.98 bits per heavy atom. The van der Waals surface area contributed by atoms with Crippen LogP contribution in [0.2, 0.25) is 0 Å². The monoisotopic (exact) mass is 603 g/mol. The average molecular weight is 604 g/mol. The van der Waals surface area contributed by atoms with Crippen molar-refractivity contribution in [1.82, 2.24) is 25.0 Å². The molecule has 1 fully saturated rings. The highest BCUT2D eigenvalue weighted by atomic mass is 32.1. The van der Waals surface area contributed by atoms with Gasteiger partial charge in [-0.1, -0.05) is 12.6 Å². The largest absolute Gasteiger partial charge is 0.490 e. The first-order valence-electron chi connectivity index (χ1n) is 13.5. The van der Waals surface area contributed by atoms with E-state index in [4.69, 9.17) is 14.5 Å². The number of fused-ring (bicyclic) bond motifs is 2. The second-order valence-electron chi connectivity index (χ2n) is 10.1. The molecule has 2 amide bonds. The number of methoxy groups -OCH3 is 1. The number of benzene rings is 2. The molecule has 0 saturated carbocycles. The van der Waals surface area contributed by atoms with Gasteiger partial charge in [-0.25, -0.2) is 13.8 Å². The maximum Gasteiger partial charge on any atom is 0.270 e. The molecule has 1 N–H and O–H groups in total. The molecule has 0 bridgehead atoms. The molecule has 0 atom stereocenters. The molecule has 1 saturated heterocycles. The van der Waals surface area contributed by atoms with E-state index in [1.165, 1.54) is 24.5 Å². The van der Waals surface area contributed by atoms with Crippen molar-refractivity contribution in [2.45, 2.75) is 6.04 Å². The highest BCUT2D eigenvalue weighted by molar-refractivity contribution is 7.18. The van der Waals surface area contributed by atoms with Gasteiger partial charge >= 0.3 is 0 Å². The van der Waals surface area contributed by atoms with Crippen LogP contribution >= 0.6 is 11.3 Å². The van der Waals surface area contributed by atoms with E-state index in [2.05, 4.69) is 17.0 Å². The number of nitrogens with zero attached hydrogens (tertiary/aromatic N) is 4. The normalized spacial score (nSPS) is 13.3. The second kappa shape index (κ2) is 11.5. The quantitative estimate of drug-likeness (QED) is 0.189. The van der Waals surface area contributed by atoms with Gasteiger partial charge in [0.15, 0.2) is 0 Å². The molecule has 3 aromatic heterocycles. The van der Waals surface area contributed by atoms with E-state index in [-0.39, 0.29) is 47.7 Å². The summed E-state index contributed by atoms with van der Waals surface area (Å²) < 4.78 is 43.3. The standard InChI is InChI=1S/C31H27F2N5O4S/c1-4-25(39)38-15-20(16-38)35-31(40)29-27(26-22(33)12-19(32)13-24(26)42-9-8-41-3)30-21(7-10-43-30)28(36-29)17-5-6-23-18(11-17)14-34-37(23)2/h4-7,10-14,20H,1,8-9,15-16H2,2-3H3,(H,35,40). The summed E-state index contributed by atoms with van der Waals surface area (Å²) in [6, 6.07) is 9.12. The number of rotatable bonds is 9. The van der Waals surface area contributed by atoms with E-state index in [1.54, 1.807) is 15.8 Å². The van der Waals surface area contributed by atoms with Crippen molar-refractivity contribution in [1.29, 1.82) is 0 Å². The van der Waals surface area contributed by atoms with Gasteiger partial charge in [0.1, 0.15) is 29.7 Å². The number of ether oxygens (including phenoxy) is 2. The lowest BCUT2D eigenvalue weighted by atomic mass is 9.96.